The highest BCUT2D eigenvalue weighted by atomic mass is 35.5. The van der Waals surface area contributed by atoms with E-state index in [4.69, 9.17) is 16.3 Å². The number of carbonyl (C=O) groups excluding carboxylic acids is 2. The molecule has 1 aromatic heterocycles. The van der Waals surface area contributed by atoms with Crippen LogP contribution in [0.1, 0.15) is 26.3 Å². The number of benzene rings is 3. The fourth-order valence-electron chi connectivity index (χ4n) is 3.10. The largest absolute Gasteiger partial charge is 0.456 e. The SMILES string of the molecule is O=C(NCc1ccc(F)cc1)c1cc(C(=O)Nc2ccc(Oc3ccccc3)cn2)c(Cl)cc1F. The number of anilines is 1. The normalized spacial score (nSPS) is 10.5. The second-order valence-corrected chi connectivity index (χ2v) is 7.78. The minimum Gasteiger partial charge on any atom is -0.456 e. The molecule has 1 heterocycles. The van der Waals surface area contributed by atoms with Gasteiger partial charge >= 0.3 is 0 Å². The maximum Gasteiger partial charge on any atom is 0.258 e. The van der Waals surface area contributed by atoms with Crippen molar-refractivity contribution in [1.29, 1.82) is 0 Å². The van der Waals surface area contributed by atoms with Crippen LogP contribution in [0.25, 0.3) is 0 Å². The summed E-state index contributed by atoms with van der Waals surface area (Å²) in [6.07, 6.45) is 1.43. The van der Waals surface area contributed by atoms with Crippen LogP contribution in [0.5, 0.6) is 11.5 Å². The van der Waals surface area contributed by atoms with Gasteiger partial charge < -0.3 is 15.4 Å². The van der Waals surface area contributed by atoms with E-state index in [1.54, 1.807) is 18.2 Å². The summed E-state index contributed by atoms with van der Waals surface area (Å²) in [6.45, 7) is 0.0457. The second kappa shape index (κ2) is 10.8. The average molecular weight is 494 g/mol. The lowest BCUT2D eigenvalue weighted by atomic mass is 10.1. The van der Waals surface area contributed by atoms with Crippen LogP contribution in [0.15, 0.2) is 85.1 Å². The van der Waals surface area contributed by atoms with E-state index in [0.717, 1.165) is 12.1 Å². The molecule has 0 atom stereocenters. The van der Waals surface area contributed by atoms with Crippen LogP contribution in [-0.2, 0) is 6.54 Å². The first-order chi connectivity index (χ1) is 16.9. The molecule has 0 aliphatic heterocycles. The molecule has 35 heavy (non-hydrogen) atoms. The number of pyridine rings is 1. The lowest BCUT2D eigenvalue weighted by Gasteiger charge is -2.11. The molecular formula is C26H18ClF2N3O3. The van der Waals surface area contributed by atoms with Crippen molar-refractivity contribution >= 4 is 29.2 Å². The van der Waals surface area contributed by atoms with E-state index in [1.165, 1.54) is 36.5 Å². The molecule has 2 amide bonds. The van der Waals surface area contributed by atoms with Gasteiger partial charge in [-0.1, -0.05) is 41.9 Å². The third kappa shape index (κ3) is 6.18. The summed E-state index contributed by atoms with van der Waals surface area (Å²) in [4.78, 5) is 29.4. The molecular weight excluding hydrogens is 476 g/mol. The average Bonchev–Trinajstić information content (AvgIpc) is 2.85. The summed E-state index contributed by atoms with van der Waals surface area (Å²) in [5.74, 6) is -1.41. The quantitative estimate of drug-likeness (QED) is 0.331. The zero-order chi connectivity index (χ0) is 24.8. The van der Waals surface area contributed by atoms with Crippen LogP contribution in [0.2, 0.25) is 5.02 Å². The van der Waals surface area contributed by atoms with Crippen LogP contribution in [-0.4, -0.2) is 16.8 Å². The molecule has 9 heteroatoms. The van der Waals surface area contributed by atoms with Gasteiger partial charge in [-0.3, -0.25) is 9.59 Å². The molecule has 4 rings (SSSR count). The predicted octanol–water partition coefficient (Wildman–Crippen LogP) is 5.99. The summed E-state index contributed by atoms with van der Waals surface area (Å²) in [6, 6.07) is 19.7. The maximum absolute atomic E-state index is 14.4. The number of ether oxygens (including phenoxy) is 1. The number of nitrogens with zero attached hydrogens (tertiary/aromatic N) is 1. The fourth-order valence-corrected chi connectivity index (χ4v) is 3.34. The number of amides is 2. The molecule has 0 fully saturated rings. The summed E-state index contributed by atoms with van der Waals surface area (Å²) in [5.41, 5.74) is 0.158. The third-order valence-electron chi connectivity index (χ3n) is 4.87. The summed E-state index contributed by atoms with van der Waals surface area (Å²) >= 11 is 6.06. The lowest BCUT2D eigenvalue weighted by molar-refractivity contribution is 0.0947. The molecule has 0 bridgehead atoms. The highest BCUT2D eigenvalue weighted by Gasteiger charge is 2.19. The molecule has 0 saturated carbocycles. The number of halogens is 3. The Balaban J connectivity index is 1.44. The first-order valence-electron chi connectivity index (χ1n) is 10.4. The first-order valence-corrected chi connectivity index (χ1v) is 10.8. The Morgan fingerprint density at radius 1 is 0.857 bits per heavy atom. The molecule has 0 saturated heterocycles. The van der Waals surface area contributed by atoms with E-state index >= 15 is 0 Å². The molecule has 0 aliphatic carbocycles. The molecule has 0 radical (unpaired) electrons. The first kappa shape index (κ1) is 23.8. The van der Waals surface area contributed by atoms with Gasteiger partial charge in [-0.05, 0) is 54.1 Å². The van der Waals surface area contributed by atoms with Crippen molar-refractivity contribution in [2.75, 3.05) is 5.32 Å². The van der Waals surface area contributed by atoms with Gasteiger partial charge in [-0.2, -0.15) is 0 Å². The number of rotatable bonds is 7. The Morgan fingerprint density at radius 2 is 1.60 bits per heavy atom. The number of carbonyl (C=O) groups is 2. The number of para-hydroxylation sites is 1. The number of aromatic nitrogens is 1. The Bertz CT molecular complexity index is 1350. The molecule has 0 unspecified atom stereocenters. The van der Waals surface area contributed by atoms with Gasteiger partial charge in [0.1, 0.15) is 29.0 Å². The Kier molecular flexibility index (Phi) is 7.32. The van der Waals surface area contributed by atoms with E-state index < -0.39 is 23.4 Å². The highest BCUT2D eigenvalue weighted by molar-refractivity contribution is 6.34. The van der Waals surface area contributed by atoms with E-state index in [-0.39, 0.29) is 28.5 Å². The smallest absolute Gasteiger partial charge is 0.258 e. The standard InChI is InChI=1S/C26H18ClF2N3O3/c27-22-13-23(29)21(25(33)31-14-16-6-8-17(28)9-7-16)12-20(22)26(34)32-24-11-10-19(15-30-24)35-18-4-2-1-3-5-18/h1-13,15H,14H2,(H,31,33)(H,30,32,34). The zero-order valence-electron chi connectivity index (χ0n) is 18.1. The van der Waals surface area contributed by atoms with E-state index in [1.807, 2.05) is 18.2 Å². The molecule has 0 spiro atoms. The monoisotopic (exact) mass is 493 g/mol. The van der Waals surface area contributed by atoms with Gasteiger partial charge in [-0.25, -0.2) is 13.8 Å². The zero-order valence-corrected chi connectivity index (χ0v) is 18.9. The molecule has 6 nitrogen and oxygen atoms in total. The van der Waals surface area contributed by atoms with Crippen LogP contribution in [0.3, 0.4) is 0 Å². The number of hydrogen-bond donors (Lipinski definition) is 2. The van der Waals surface area contributed by atoms with Gasteiger partial charge in [0.15, 0.2) is 0 Å². The van der Waals surface area contributed by atoms with Gasteiger partial charge in [0.25, 0.3) is 11.8 Å². The molecule has 3 aromatic carbocycles. The Hall–Kier alpha value is -4.30. The van der Waals surface area contributed by atoms with Gasteiger partial charge in [0.05, 0.1) is 22.3 Å². The Labute approximate surface area is 204 Å². The van der Waals surface area contributed by atoms with E-state index in [9.17, 15) is 18.4 Å². The van der Waals surface area contributed by atoms with Crippen LogP contribution < -0.4 is 15.4 Å². The third-order valence-corrected chi connectivity index (χ3v) is 5.18. The lowest BCUT2D eigenvalue weighted by Crippen LogP contribution is -2.25. The van der Waals surface area contributed by atoms with Crippen molar-refractivity contribution < 1.29 is 23.1 Å². The summed E-state index contributed by atoms with van der Waals surface area (Å²) in [5, 5.41) is 4.93. The number of hydrogen-bond acceptors (Lipinski definition) is 4. The number of nitrogens with one attached hydrogen (secondary N) is 2. The van der Waals surface area contributed by atoms with E-state index in [2.05, 4.69) is 15.6 Å². The predicted molar refractivity (Wildman–Crippen MR) is 128 cm³/mol. The Morgan fingerprint density at radius 3 is 2.29 bits per heavy atom. The van der Waals surface area contributed by atoms with Crippen LogP contribution in [0.4, 0.5) is 14.6 Å². The molecule has 4 aromatic rings. The second-order valence-electron chi connectivity index (χ2n) is 7.37. The molecule has 2 N–H and O–H groups in total. The van der Waals surface area contributed by atoms with Crippen LogP contribution in [0, 0.1) is 11.6 Å². The van der Waals surface area contributed by atoms with Crippen LogP contribution >= 0.6 is 11.6 Å². The molecule has 176 valence electrons. The van der Waals surface area contributed by atoms with Crippen molar-refractivity contribution in [3.05, 3.63) is 118 Å². The summed E-state index contributed by atoms with van der Waals surface area (Å²) < 4.78 is 33.1. The van der Waals surface area contributed by atoms with Crippen molar-refractivity contribution in [3.63, 3.8) is 0 Å². The maximum atomic E-state index is 14.4. The highest BCUT2D eigenvalue weighted by Crippen LogP contribution is 2.24. The van der Waals surface area contributed by atoms with Gasteiger partial charge in [0, 0.05) is 6.54 Å². The minimum atomic E-state index is -0.885. The van der Waals surface area contributed by atoms with Crippen molar-refractivity contribution in [3.8, 4) is 11.5 Å². The molecule has 0 aliphatic rings. The topological polar surface area (TPSA) is 80.3 Å². The van der Waals surface area contributed by atoms with Crippen molar-refractivity contribution in [2.45, 2.75) is 6.54 Å². The fraction of sp³-hybridized carbons (Fsp3) is 0.0385. The minimum absolute atomic E-state index is 0.0457. The van der Waals surface area contributed by atoms with Gasteiger partial charge in [0.2, 0.25) is 0 Å². The summed E-state index contributed by atoms with van der Waals surface area (Å²) in [7, 11) is 0. The van der Waals surface area contributed by atoms with Crippen molar-refractivity contribution in [1.82, 2.24) is 10.3 Å². The van der Waals surface area contributed by atoms with E-state index in [0.29, 0.717) is 17.1 Å². The van der Waals surface area contributed by atoms with Gasteiger partial charge in [-0.15, -0.1) is 0 Å². The van der Waals surface area contributed by atoms with Crippen molar-refractivity contribution in [2.24, 2.45) is 0 Å².